The van der Waals surface area contributed by atoms with E-state index in [4.69, 9.17) is 14.2 Å². The lowest BCUT2D eigenvalue weighted by Crippen LogP contribution is -2.55. The van der Waals surface area contributed by atoms with Crippen molar-refractivity contribution < 1.29 is 38.2 Å². The number of aliphatic carboxylic acids is 1. The molecule has 0 heterocycles. The van der Waals surface area contributed by atoms with E-state index in [0.29, 0.717) is 12.8 Å². The molecular weight excluding hydrogens is 727 g/mol. The molecule has 2 atom stereocenters. The third-order valence-corrected chi connectivity index (χ3v) is 11.1. The number of carboxylic acid groups (broad SMARTS) is 1. The third-order valence-electron chi connectivity index (χ3n) is 11.1. The maximum absolute atomic E-state index is 12.7. The molecule has 0 aliphatic rings. The molecule has 0 aromatic carbocycles. The van der Waals surface area contributed by atoms with Crippen molar-refractivity contribution in [2.24, 2.45) is 0 Å². The summed E-state index contributed by atoms with van der Waals surface area (Å²) in [6.45, 7) is 4.58. The SMILES string of the molecule is CC/C=C/C/C=C/CCCCCCCCCC(=O)OC(COCCC(C(=O)[O-])[N+](C)(C)C)COC(=O)CCCCCCCCCCCCCCCCCCCCCC. The van der Waals surface area contributed by atoms with Gasteiger partial charge in [0.1, 0.15) is 12.6 Å². The van der Waals surface area contributed by atoms with Gasteiger partial charge in [-0.2, -0.15) is 0 Å². The van der Waals surface area contributed by atoms with Gasteiger partial charge in [-0.15, -0.1) is 0 Å². The average molecular weight is 820 g/mol. The molecule has 0 rings (SSSR count). The van der Waals surface area contributed by atoms with Gasteiger partial charge < -0.3 is 28.6 Å². The van der Waals surface area contributed by atoms with Crippen molar-refractivity contribution in [3.8, 4) is 0 Å². The monoisotopic (exact) mass is 820 g/mol. The molecule has 0 N–H and O–H groups in total. The Morgan fingerprint density at radius 3 is 1.41 bits per heavy atom. The Hall–Kier alpha value is -2.19. The second kappa shape index (κ2) is 41.5. The van der Waals surface area contributed by atoms with Gasteiger partial charge in [-0.3, -0.25) is 9.59 Å². The zero-order valence-corrected chi connectivity index (χ0v) is 38.7. The standard InChI is InChI=1S/C50H93NO7/c1-6-8-10-12-14-16-18-20-22-23-24-25-26-27-29-30-32-34-36-38-40-48(52)57-45-46(44-56-43-42-47(50(54)55)51(3,4)5)58-49(53)41-39-37-35-33-31-28-21-19-17-15-13-11-9-7-2/h9,11,15,17,46-47H,6-8,10,12-14,16,18-45H2,1-5H3/b11-9+,17-15+. The molecule has 0 spiro atoms. The van der Waals surface area contributed by atoms with Crippen LogP contribution in [0.3, 0.4) is 0 Å². The van der Waals surface area contributed by atoms with Gasteiger partial charge in [-0.1, -0.05) is 192 Å². The quantitative estimate of drug-likeness (QED) is 0.0261. The van der Waals surface area contributed by atoms with E-state index in [2.05, 4.69) is 38.2 Å². The van der Waals surface area contributed by atoms with Gasteiger partial charge in [0.2, 0.25) is 0 Å². The molecule has 58 heavy (non-hydrogen) atoms. The zero-order chi connectivity index (χ0) is 42.8. The molecular formula is C50H93NO7. The fourth-order valence-corrected chi connectivity index (χ4v) is 7.35. The normalized spacial score (nSPS) is 13.1. The van der Waals surface area contributed by atoms with Crippen molar-refractivity contribution in [2.75, 3.05) is 41.0 Å². The van der Waals surface area contributed by atoms with E-state index in [1.165, 1.54) is 135 Å². The summed E-state index contributed by atoms with van der Waals surface area (Å²) in [6.07, 6.45) is 46.4. The lowest BCUT2D eigenvalue weighted by atomic mass is 10.0. The predicted octanol–water partition coefficient (Wildman–Crippen LogP) is 12.3. The topological polar surface area (TPSA) is 102 Å². The summed E-state index contributed by atoms with van der Waals surface area (Å²) in [5.41, 5.74) is 0. The van der Waals surface area contributed by atoms with Crippen LogP contribution in [0.1, 0.15) is 226 Å². The highest BCUT2D eigenvalue weighted by atomic mass is 16.6. The van der Waals surface area contributed by atoms with Gasteiger partial charge in [0.05, 0.1) is 40.3 Å². The molecule has 340 valence electrons. The van der Waals surface area contributed by atoms with Crippen molar-refractivity contribution in [2.45, 2.75) is 238 Å². The number of carbonyl (C=O) groups is 3. The summed E-state index contributed by atoms with van der Waals surface area (Å²) in [4.78, 5) is 36.9. The van der Waals surface area contributed by atoms with Crippen LogP contribution in [0.25, 0.3) is 0 Å². The molecule has 0 aliphatic carbocycles. The largest absolute Gasteiger partial charge is 0.544 e. The highest BCUT2D eigenvalue weighted by Gasteiger charge is 2.25. The smallest absolute Gasteiger partial charge is 0.306 e. The van der Waals surface area contributed by atoms with E-state index < -0.39 is 18.1 Å². The molecule has 0 saturated heterocycles. The minimum Gasteiger partial charge on any atom is -0.544 e. The number of unbranched alkanes of at least 4 members (excludes halogenated alkanes) is 26. The van der Waals surface area contributed by atoms with E-state index in [9.17, 15) is 19.5 Å². The summed E-state index contributed by atoms with van der Waals surface area (Å²) in [6, 6.07) is -0.724. The minimum atomic E-state index is -1.12. The first-order valence-corrected chi connectivity index (χ1v) is 24.4. The lowest BCUT2D eigenvalue weighted by Gasteiger charge is -2.34. The number of quaternary nitrogens is 1. The van der Waals surface area contributed by atoms with E-state index in [1.807, 2.05) is 0 Å². The van der Waals surface area contributed by atoms with Crippen LogP contribution >= 0.6 is 0 Å². The Bertz CT molecular complexity index is 1000. The van der Waals surface area contributed by atoms with Crippen LogP contribution in [0.2, 0.25) is 0 Å². The molecule has 0 bridgehead atoms. The van der Waals surface area contributed by atoms with Gasteiger partial charge in [0.25, 0.3) is 0 Å². The fourth-order valence-electron chi connectivity index (χ4n) is 7.35. The number of allylic oxidation sites excluding steroid dienone is 4. The third kappa shape index (κ3) is 39.3. The number of hydrogen-bond donors (Lipinski definition) is 0. The average Bonchev–Trinajstić information content (AvgIpc) is 3.18. The first kappa shape index (κ1) is 55.8. The van der Waals surface area contributed by atoms with E-state index >= 15 is 0 Å². The van der Waals surface area contributed by atoms with Gasteiger partial charge in [-0.05, 0) is 38.5 Å². The van der Waals surface area contributed by atoms with Gasteiger partial charge >= 0.3 is 11.9 Å². The highest BCUT2D eigenvalue weighted by Crippen LogP contribution is 2.16. The van der Waals surface area contributed by atoms with Gasteiger partial charge in [0.15, 0.2) is 6.10 Å². The fraction of sp³-hybridized carbons (Fsp3) is 0.860. The Balaban J connectivity index is 4.21. The summed E-state index contributed by atoms with van der Waals surface area (Å²) < 4.78 is 17.2. The molecule has 0 saturated carbocycles. The number of carboxylic acids is 1. The maximum Gasteiger partial charge on any atom is 0.306 e. The second-order valence-electron chi connectivity index (χ2n) is 17.7. The first-order chi connectivity index (χ1) is 28.1. The van der Waals surface area contributed by atoms with Crippen LogP contribution in [0.15, 0.2) is 24.3 Å². The number of likely N-dealkylation sites (N-methyl/N-ethyl adjacent to an activating group) is 1. The first-order valence-electron chi connectivity index (χ1n) is 24.4. The van der Waals surface area contributed by atoms with Crippen LogP contribution < -0.4 is 5.11 Å². The molecule has 0 radical (unpaired) electrons. The number of nitrogens with zero attached hydrogens (tertiary/aromatic N) is 1. The summed E-state index contributed by atoms with van der Waals surface area (Å²) in [5, 5.41) is 11.6. The number of carbonyl (C=O) groups excluding carboxylic acids is 3. The molecule has 8 heteroatoms. The Labute approximate surface area is 358 Å². The van der Waals surface area contributed by atoms with Crippen LogP contribution in [0.4, 0.5) is 0 Å². The second-order valence-corrected chi connectivity index (χ2v) is 17.7. The zero-order valence-electron chi connectivity index (χ0n) is 38.7. The van der Waals surface area contributed by atoms with Gasteiger partial charge in [0, 0.05) is 19.3 Å². The molecule has 8 nitrogen and oxygen atoms in total. The minimum absolute atomic E-state index is 0.0415. The van der Waals surface area contributed by atoms with Crippen LogP contribution in [0.5, 0.6) is 0 Å². The molecule has 0 amide bonds. The maximum atomic E-state index is 12.7. The van der Waals surface area contributed by atoms with Crippen LogP contribution in [-0.2, 0) is 28.6 Å². The number of ether oxygens (including phenoxy) is 3. The summed E-state index contributed by atoms with van der Waals surface area (Å²) >= 11 is 0. The van der Waals surface area contributed by atoms with E-state index in [-0.39, 0.29) is 42.7 Å². The Kier molecular flexibility index (Phi) is 40.0. The van der Waals surface area contributed by atoms with Crippen molar-refractivity contribution in [3.05, 3.63) is 24.3 Å². The molecule has 0 aromatic heterocycles. The lowest BCUT2D eigenvalue weighted by molar-refractivity contribution is -0.889. The van der Waals surface area contributed by atoms with Gasteiger partial charge in [-0.25, -0.2) is 0 Å². The number of rotatable bonds is 44. The molecule has 0 aromatic rings. The number of hydrogen-bond acceptors (Lipinski definition) is 7. The van der Waals surface area contributed by atoms with E-state index in [0.717, 1.165) is 57.8 Å². The van der Waals surface area contributed by atoms with Crippen LogP contribution in [-0.4, -0.2) is 75.5 Å². The Morgan fingerprint density at radius 2 is 0.966 bits per heavy atom. The van der Waals surface area contributed by atoms with Crippen molar-refractivity contribution in [1.82, 2.24) is 0 Å². The molecule has 2 unspecified atom stereocenters. The van der Waals surface area contributed by atoms with E-state index in [1.54, 1.807) is 21.1 Å². The predicted molar refractivity (Wildman–Crippen MR) is 240 cm³/mol. The Morgan fingerprint density at radius 1 is 0.534 bits per heavy atom. The van der Waals surface area contributed by atoms with Crippen molar-refractivity contribution >= 4 is 17.9 Å². The van der Waals surface area contributed by atoms with Crippen molar-refractivity contribution in [1.29, 1.82) is 0 Å². The van der Waals surface area contributed by atoms with Crippen molar-refractivity contribution in [3.63, 3.8) is 0 Å². The summed E-state index contributed by atoms with van der Waals surface area (Å²) in [7, 11) is 5.41. The summed E-state index contributed by atoms with van der Waals surface area (Å²) in [5.74, 6) is -1.73. The van der Waals surface area contributed by atoms with Crippen LogP contribution in [0, 0.1) is 0 Å². The molecule has 0 fully saturated rings. The highest BCUT2D eigenvalue weighted by molar-refractivity contribution is 5.70. The number of esters is 2. The molecule has 0 aliphatic heterocycles.